The van der Waals surface area contributed by atoms with E-state index in [1.165, 1.54) is 13.2 Å². The van der Waals surface area contributed by atoms with Crippen molar-refractivity contribution in [1.82, 2.24) is 10.3 Å². The average Bonchev–Trinajstić information content (AvgIpc) is 2.65. The van der Waals surface area contributed by atoms with Crippen molar-refractivity contribution < 1.29 is 18.9 Å². The first-order valence-electron chi connectivity index (χ1n) is 6.74. The number of hydrogen-bond donors (Lipinski definition) is 1. The first-order valence-corrected chi connectivity index (χ1v) is 6.74. The Morgan fingerprint density at radius 2 is 1.86 bits per heavy atom. The molecule has 112 valence electrons. The Morgan fingerprint density at radius 3 is 2.33 bits per heavy atom. The maximum Gasteiger partial charge on any atom is 0.497 e. The van der Waals surface area contributed by atoms with Crippen LogP contribution in [0.2, 0.25) is 0 Å². The number of aldehydes is 1. The number of carbonyl (C=O) groups excluding carboxylic acids is 2. The second kappa shape index (κ2) is 5.24. The number of nitrogens with zero attached hydrogens (tertiary/aromatic N) is 1. The van der Waals surface area contributed by atoms with Crippen molar-refractivity contribution >= 4 is 24.8 Å². The van der Waals surface area contributed by atoms with Crippen molar-refractivity contribution in [3.8, 4) is 0 Å². The SMILES string of the molecule is CNC(=O)c1cnc(C=O)c(B2OC(C)(C)C(C)(C)O2)c1. The van der Waals surface area contributed by atoms with E-state index in [0.29, 0.717) is 17.3 Å². The van der Waals surface area contributed by atoms with E-state index < -0.39 is 18.3 Å². The highest BCUT2D eigenvalue weighted by Gasteiger charge is 2.52. The lowest BCUT2D eigenvalue weighted by Gasteiger charge is -2.32. The molecule has 0 bridgehead atoms. The Morgan fingerprint density at radius 1 is 1.29 bits per heavy atom. The summed E-state index contributed by atoms with van der Waals surface area (Å²) in [5, 5.41) is 2.52. The average molecular weight is 290 g/mol. The molecule has 0 spiro atoms. The molecule has 1 fully saturated rings. The number of amides is 1. The maximum atomic E-state index is 11.7. The monoisotopic (exact) mass is 290 g/mol. The lowest BCUT2D eigenvalue weighted by atomic mass is 9.77. The molecule has 1 aromatic rings. The number of nitrogens with one attached hydrogen (secondary N) is 1. The van der Waals surface area contributed by atoms with Crippen LogP contribution in [0.5, 0.6) is 0 Å². The van der Waals surface area contributed by atoms with Gasteiger partial charge in [-0.3, -0.25) is 14.6 Å². The summed E-state index contributed by atoms with van der Waals surface area (Å²) in [6.07, 6.45) is 1.99. The number of rotatable bonds is 3. The molecule has 0 radical (unpaired) electrons. The van der Waals surface area contributed by atoms with Gasteiger partial charge in [-0.15, -0.1) is 0 Å². The Balaban J connectivity index is 2.44. The summed E-state index contributed by atoms with van der Waals surface area (Å²) in [6, 6.07) is 1.58. The van der Waals surface area contributed by atoms with Crippen LogP contribution < -0.4 is 10.8 Å². The molecule has 1 N–H and O–H groups in total. The molecule has 0 atom stereocenters. The molecule has 0 aromatic carbocycles. The van der Waals surface area contributed by atoms with Gasteiger partial charge in [0.2, 0.25) is 0 Å². The highest BCUT2D eigenvalue weighted by atomic mass is 16.7. The van der Waals surface area contributed by atoms with Gasteiger partial charge >= 0.3 is 7.12 Å². The highest BCUT2D eigenvalue weighted by Crippen LogP contribution is 2.36. The van der Waals surface area contributed by atoms with Crippen LogP contribution in [0.15, 0.2) is 12.3 Å². The normalized spacial score (nSPS) is 19.4. The third kappa shape index (κ3) is 2.71. The molecule has 6 nitrogen and oxygen atoms in total. The van der Waals surface area contributed by atoms with E-state index in [1.54, 1.807) is 6.07 Å². The van der Waals surface area contributed by atoms with Gasteiger partial charge in [0.25, 0.3) is 5.91 Å². The fraction of sp³-hybridized carbons (Fsp3) is 0.500. The first kappa shape index (κ1) is 15.7. The minimum atomic E-state index is -0.729. The van der Waals surface area contributed by atoms with Crippen molar-refractivity contribution in [2.45, 2.75) is 38.9 Å². The minimum Gasteiger partial charge on any atom is -0.399 e. The zero-order chi connectivity index (χ0) is 15.8. The zero-order valence-corrected chi connectivity index (χ0v) is 12.9. The fourth-order valence-electron chi connectivity index (χ4n) is 2.02. The van der Waals surface area contributed by atoms with Crippen LogP contribution in [0.25, 0.3) is 0 Å². The summed E-state index contributed by atoms with van der Waals surface area (Å²) < 4.78 is 11.8. The summed E-state index contributed by atoms with van der Waals surface area (Å²) >= 11 is 0. The summed E-state index contributed by atoms with van der Waals surface area (Å²) in [4.78, 5) is 26.9. The van der Waals surface area contributed by atoms with Crippen LogP contribution in [-0.4, -0.2) is 42.5 Å². The number of pyridine rings is 1. The molecule has 2 heterocycles. The zero-order valence-electron chi connectivity index (χ0n) is 12.9. The van der Waals surface area contributed by atoms with E-state index in [1.807, 2.05) is 27.7 Å². The van der Waals surface area contributed by atoms with Gasteiger partial charge < -0.3 is 14.6 Å². The van der Waals surface area contributed by atoms with E-state index in [9.17, 15) is 9.59 Å². The van der Waals surface area contributed by atoms with Gasteiger partial charge in [-0.2, -0.15) is 0 Å². The Bertz CT molecular complexity index is 570. The van der Waals surface area contributed by atoms with Gasteiger partial charge in [-0.25, -0.2) is 0 Å². The van der Waals surface area contributed by atoms with Crippen molar-refractivity contribution in [3.63, 3.8) is 0 Å². The second-order valence-corrected chi connectivity index (χ2v) is 5.98. The molecule has 1 aliphatic heterocycles. The van der Waals surface area contributed by atoms with Gasteiger partial charge in [0.15, 0.2) is 6.29 Å². The summed E-state index contributed by atoms with van der Waals surface area (Å²) in [5.74, 6) is -0.280. The van der Waals surface area contributed by atoms with Crippen LogP contribution in [0.4, 0.5) is 0 Å². The number of carbonyl (C=O) groups is 2. The Labute approximate surface area is 124 Å². The predicted molar refractivity (Wildman–Crippen MR) is 78.7 cm³/mol. The van der Waals surface area contributed by atoms with Crippen LogP contribution >= 0.6 is 0 Å². The molecular formula is C14H19BN2O4. The molecule has 1 aromatic heterocycles. The Hall–Kier alpha value is -1.73. The summed E-state index contributed by atoms with van der Waals surface area (Å²) in [5.41, 5.74) is -0.0273. The van der Waals surface area contributed by atoms with Crippen molar-refractivity contribution in [2.75, 3.05) is 7.05 Å². The molecule has 0 saturated carbocycles. The molecular weight excluding hydrogens is 271 g/mol. The number of aromatic nitrogens is 1. The van der Waals surface area contributed by atoms with Crippen molar-refractivity contribution in [3.05, 3.63) is 23.5 Å². The standard InChI is InChI=1S/C14H19BN2O4/c1-13(2)14(3,4)21-15(20-13)10-6-9(12(19)16-5)7-17-11(10)8-18/h6-8H,1-5H3,(H,16,19). The van der Waals surface area contributed by atoms with E-state index >= 15 is 0 Å². The van der Waals surface area contributed by atoms with Crippen LogP contribution in [-0.2, 0) is 9.31 Å². The van der Waals surface area contributed by atoms with Gasteiger partial charge in [-0.05, 0) is 33.8 Å². The summed E-state index contributed by atoms with van der Waals surface area (Å²) in [6.45, 7) is 7.68. The van der Waals surface area contributed by atoms with Gasteiger partial charge in [0.1, 0.15) is 5.69 Å². The van der Waals surface area contributed by atoms with Gasteiger partial charge in [0, 0.05) is 18.7 Å². The topological polar surface area (TPSA) is 77.5 Å². The van der Waals surface area contributed by atoms with Crippen LogP contribution in [0.3, 0.4) is 0 Å². The maximum absolute atomic E-state index is 11.7. The summed E-state index contributed by atoms with van der Waals surface area (Å²) in [7, 11) is 0.803. The van der Waals surface area contributed by atoms with Gasteiger partial charge in [-0.1, -0.05) is 0 Å². The molecule has 0 unspecified atom stereocenters. The third-order valence-corrected chi connectivity index (χ3v) is 4.06. The molecule has 1 amide bonds. The van der Waals surface area contributed by atoms with Gasteiger partial charge in [0.05, 0.1) is 16.8 Å². The lowest BCUT2D eigenvalue weighted by molar-refractivity contribution is 0.00578. The van der Waals surface area contributed by atoms with E-state index in [-0.39, 0.29) is 11.6 Å². The highest BCUT2D eigenvalue weighted by molar-refractivity contribution is 6.63. The fourth-order valence-corrected chi connectivity index (χ4v) is 2.02. The van der Waals surface area contributed by atoms with E-state index in [2.05, 4.69) is 10.3 Å². The molecule has 1 saturated heterocycles. The largest absolute Gasteiger partial charge is 0.497 e. The molecule has 0 aliphatic carbocycles. The smallest absolute Gasteiger partial charge is 0.399 e. The second-order valence-electron chi connectivity index (χ2n) is 5.98. The molecule has 21 heavy (non-hydrogen) atoms. The minimum absolute atomic E-state index is 0.209. The van der Waals surface area contributed by atoms with Crippen LogP contribution in [0.1, 0.15) is 48.5 Å². The first-order chi connectivity index (χ1) is 9.71. The van der Waals surface area contributed by atoms with E-state index in [4.69, 9.17) is 9.31 Å². The van der Waals surface area contributed by atoms with Crippen molar-refractivity contribution in [2.24, 2.45) is 0 Å². The Kier molecular flexibility index (Phi) is 3.90. The van der Waals surface area contributed by atoms with E-state index in [0.717, 1.165) is 0 Å². The quantitative estimate of drug-likeness (QED) is 0.650. The van der Waals surface area contributed by atoms with Crippen molar-refractivity contribution in [1.29, 1.82) is 0 Å². The molecule has 1 aliphatic rings. The number of hydrogen-bond acceptors (Lipinski definition) is 5. The predicted octanol–water partition coefficient (Wildman–Crippen LogP) is 0.553. The lowest BCUT2D eigenvalue weighted by Crippen LogP contribution is -2.41. The third-order valence-electron chi connectivity index (χ3n) is 4.06. The van der Waals surface area contributed by atoms with Crippen LogP contribution in [0, 0.1) is 0 Å². The molecule has 7 heteroatoms. The molecule has 2 rings (SSSR count).